The van der Waals surface area contributed by atoms with Gasteiger partial charge in [-0.1, -0.05) is 42.5 Å². The van der Waals surface area contributed by atoms with Gasteiger partial charge in [0.15, 0.2) is 5.79 Å². The van der Waals surface area contributed by atoms with E-state index in [4.69, 9.17) is 21.7 Å². The number of ether oxygens (including phenoxy) is 2. The molecule has 20 heavy (non-hydrogen) atoms. The maximum atomic E-state index is 6.07. The van der Waals surface area contributed by atoms with E-state index in [0.717, 1.165) is 24.4 Å². The Morgan fingerprint density at radius 2 is 2.05 bits per heavy atom. The Labute approximate surface area is 125 Å². The Kier molecular flexibility index (Phi) is 3.80. The Hall–Kier alpha value is -0.970. The van der Waals surface area contributed by atoms with Gasteiger partial charge in [-0.2, -0.15) is 0 Å². The van der Waals surface area contributed by atoms with Crippen LogP contribution in [-0.4, -0.2) is 34.4 Å². The molecule has 0 radical (unpaired) electrons. The van der Waals surface area contributed by atoms with Gasteiger partial charge in [0.2, 0.25) is 0 Å². The van der Waals surface area contributed by atoms with Gasteiger partial charge in [0.25, 0.3) is 0 Å². The van der Waals surface area contributed by atoms with Crippen molar-refractivity contribution in [3.05, 3.63) is 35.9 Å². The largest absolute Gasteiger partial charge is 0.354 e. The van der Waals surface area contributed by atoms with Crippen LogP contribution in [0.25, 0.3) is 0 Å². The lowest BCUT2D eigenvalue weighted by Gasteiger charge is -2.49. The van der Waals surface area contributed by atoms with Gasteiger partial charge in [-0.15, -0.1) is 0 Å². The molecule has 0 spiro atoms. The normalized spacial score (nSPS) is 29.1. The van der Waals surface area contributed by atoms with Crippen molar-refractivity contribution in [1.29, 1.82) is 0 Å². The summed E-state index contributed by atoms with van der Waals surface area (Å²) in [6.45, 7) is 5.49. The molecular weight excluding hydrogens is 270 g/mol. The van der Waals surface area contributed by atoms with Crippen molar-refractivity contribution in [2.24, 2.45) is 0 Å². The Morgan fingerprint density at radius 1 is 1.30 bits per heavy atom. The first-order valence-electron chi connectivity index (χ1n) is 7.20. The van der Waals surface area contributed by atoms with Crippen LogP contribution in [0.2, 0.25) is 0 Å². The summed E-state index contributed by atoms with van der Waals surface area (Å²) in [5, 5.41) is 0. The van der Waals surface area contributed by atoms with Gasteiger partial charge >= 0.3 is 0 Å². The van der Waals surface area contributed by atoms with Crippen LogP contribution in [0, 0.1) is 0 Å². The molecule has 0 amide bonds. The van der Waals surface area contributed by atoms with Crippen molar-refractivity contribution >= 4 is 17.2 Å². The maximum absolute atomic E-state index is 6.07. The van der Waals surface area contributed by atoms with Crippen molar-refractivity contribution < 1.29 is 9.47 Å². The number of likely N-dealkylation sites (tertiary alicyclic amines) is 1. The smallest absolute Gasteiger partial charge is 0.163 e. The van der Waals surface area contributed by atoms with Crippen LogP contribution in [0.15, 0.2) is 30.3 Å². The Balaban J connectivity index is 1.77. The number of rotatable bonds is 2. The number of thiocarbonyl (C=S) groups is 1. The first-order chi connectivity index (χ1) is 9.55. The highest BCUT2D eigenvalue weighted by Gasteiger charge is 2.42. The lowest BCUT2D eigenvalue weighted by Crippen LogP contribution is -2.59. The summed E-state index contributed by atoms with van der Waals surface area (Å²) in [7, 11) is 0. The van der Waals surface area contributed by atoms with Crippen LogP contribution in [0.5, 0.6) is 0 Å². The van der Waals surface area contributed by atoms with Crippen molar-refractivity contribution in [3.8, 4) is 0 Å². The molecule has 1 aromatic carbocycles. The van der Waals surface area contributed by atoms with Crippen LogP contribution in [0.3, 0.4) is 0 Å². The average Bonchev–Trinajstić information content (AvgIpc) is 2.42. The highest BCUT2D eigenvalue weighted by molar-refractivity contribution is 7.80. The van der Waals surface area contributed by atoms with E-state index in [-0.39, 0.29) is 12.1 Å². The molecule has 2 fully saturated rings. The van der Waals surface area contributed by atoms with Crippen LogP contribution in [-0.2, 0) is 16.0 Å². The summed E-state index contributed by atoms with van der Waals surface area (Å²) in [6, 6.07) is 10.7. The standard InChI is InChI=1S/C16H21NO2S/c1-16(2)18-11-13-14(19-16)8-9-15(20)17(13)10-12-6-4-3-5-7-12/h3-7,13-14H,8-11H2,1-2H3/t13-,14+/m0/s1. The van der Waals surface area contributed by atoms with E-state index in [0.29, 0.717) is 6.61 Å². The molecule has 0 N–H and O–H groups in total. The Bertz CT molecular complexity index is 489. The number of fused-ring (bicyclic) bond motifs is 1. The molecule has 0 aromatic heterocycles. The molecule has 0 bridgehead atoms. The number of piperidine rings is 1. The Morgan fingerprint density at radius 3 is 2.80 bits per heavy atom. The number of nitrogens with zero attached hydrogens (tertiary/aromatic N) is 1. The fourth-order valence-electron chi connectivity index (χ4n) is 2.99. The molecule has 0 unspecified atom stereocenters. The summed E-state index contributed by atoms with van der Waals surface area (Å²) in [4.78, 5) is 3.32. The second kappa shape index (κ2) is 5.43. The van der Waals surface area contributed by atoms with Gasteiger partial charge in [0, 0.05) is 13.0 Å². The SMILES string of the molecule is CC1(C)OC[C@H]2[C@@H](CCC(=S)N2Cc2ccccc2)O1. The topological polar surface area (TPSA) is 21.7 Å². The first-order valence-corrected chi connectivity index (χ1v) is 7.61. The molecule has 2 aliphatic rings. The summed E-state index contributed by atoms with van der Waals surface area (Å²) in [5.41, 5.74) is 1.28. The summed E-state index contributed by atoms with van der Waals surface area (Å²) in [6.07, 6.45) is 2.15. The van der Waals surface area contributed by atoms with Crippen LogP contribution in [0.4, 0.5) is 0 Å². The van der Waals surface area contributed by atoms with Crippen LogP contribution < -0.4 is 0 Å². The minimum Gasteiger partial charge on any atom is -0.354 e. The van der Waals surface area contributed by atoms with Crippen LogP contribution >= 0.6 is 12.2 Å². The van der Waals surface area contributed by atoms with E-state index in [1.807, 2.05) is 19.9 Å². The van der Waals surface area contributed by atoms with Gasteiger partial charge in [-0.25, -0.2) is 0 Å². The number of benzene rings is 1. The third kappa shape index (κ3) is 2.87. The fraction of sp³-hybridized carbons (Fsp3) is 0.562. The molecule has 108 valence electrons. The molecule has 4 heteroatoms. The molecule has 1 aromatic rings. The molecule has 2 aliphatic heterocycles. The van der Waals surface area contributed by atoms with Gasteiger partial charge in [0.1, 0.15) is 0 Å². The monoisotopic (exact) mass is 291 g/mol. The average molecular weight is 291 g/mol. The number of hydrogen-bond acceptors (Lipinski definition) is 3. The summed E-state index contributed by atoms with van der Waals surface area (Å²) in [5.74, 6) is -0.474. The zero-order chi connectivity index (χ0) is 14.2. The molecule has 0 aliphatic carbocycles. The van der Waals surface area contributed by atoms with Crippen molar-refractivity contribution in [2.45, 2.75) is 51.2 Å². The maximum Gasteiger partial charge on any atom is 0.163 e. The van der Waals surface area contributed by atoms with E-state index < -0.39 is 5.79 Å². The van der Waals surface area contributed by atoms with Gasteiger partial charge in [-0.3, -0.25) is 0 Å². The van der Waals surface area contributed by atoms with E-state index in [9.17, 15) is 0 Å². The fourth-order valence-corrected chi connectivity index (χ4v) is 3.31. The molecule has 2 heterocycles. The zero-order valence-corrected chi connectivity index (χ0v) is 12.9. The second-order valence-corrected chi connectivity index (χ2v) is 6.45. The minimum absolute atomic E-state index is 0.217. The first kappa shape index (κ1) is 14.0. The molecule has 2 saturated heterocycles. The third-order valence-electron chi connectivity index (χ3n) is 4.03. The third-order valence-corrected chi connectivity index (χ3v) is 4.46. The van der Waals surface area contributed by atoms with Crippen molar-refractivity contribution in [2.75, 3.05) is 6.61 Å². The molecular formula is C16H21NO2S. The van der Waals surface area contributed by atoms with E-state index in [1.165, 1.54) is 5.56 Å². The van der Waals surface area contributed by atoms with Crippen LogP contribution in [0.1, 0.15) is 32.3 Å². The second-order valence-electron chi connectivity index (χ2n) is 5.98. The van der Waals surface area contributed by atoms with Gasteiger partial charge < -0.3 is 14.4 Å². The molecule has 3 rings (SSSR count). The molecule has 0 saturated carbocycles. The lowest BCUT2D eigenvalue weighted by molar-refractivity contribution is -0.293. The van der Waals surface area contributed by atoms with Gasteiger partial charge in [-0.05, 0) is 25.8 Å². The molecule has 2 atom stereocenters. The van der Waals surface area contributed by atoms with E-state index in [2.05, 4.69) is 29.2 Å². The minimum atomic E-state index is -0.474. The lowest BCUT2D eigenvalue weighted by atomic mass is 9.96. The highest BCUT2D eigenvalue weighted by Crippen LogP contribution is 2.32. The number of hydrogen-bond donors (Lipinski definition) is 0. The predicted molar refractivity (Wildman–Crippen MR) is 82.5 cm³/mol. The highest BCUT2D eigenvalue weighted by atomic mass is 32.1. The van der Waals surface area contributed by atoms with E-state index in [1.54, 1.807) is 0 Å². The van der Waals surface area contributed by atoms with Gasteiger partial charge in [0.05, 0.1) is 23.7 Å². The van der Waals surface area contributed by atoms with E-state index >= 15 is 0 Å². The van der Waals surface area contributed by atoms with Crippen molar-refractivity contribution in [1.82, 2.24) is 4.90 Å². The van der Waals surface area contributed by atoms with Crippen molar-refractivity contribution in [3.63, 3.8) is 0 Å². The predicted octanol–water partition coefficient (Wildman–Crippen LogP) is 3.13. The zero-order valence-electron chi connectivity index (χ0n) is 12.0. The molecule has 3 nitrogen and oxygen atoms in total. The summed E-state index contributed by atoms with van der Waals surface area (Å²) < 4.78 is 11.9. The summed E-state index contributed by atoms with van der Waals surface area (Å²) >= 11 is 5.57. The quantitative estimate of drug-likeness (QED) is 0.780.